The van der Waals surface area contributed by atoms with Crippen molar-refractivity contribution in [3.05, 3.63) is 53.6 Å². The van der Waals surface area contributed by atoms with E-state index >= 15 is 0 Å². The number of carbonyl (C=O) groups excluding carboxylic acids is 1. The fourth-order valence-electron chi connectivity index (χ4n) is 3.14. The van der Waals surface area contributed by atoms with Crippen molar-refractivity contribution < 1.29 is 19.0 Å². The number of amides is 1. The monoisotopic (exact) mass is 397 g/mol. The number of nitrogens with zero attached hydrogens (tertiary/aromatic N) is 2. The third-order valence-corrected chi connectivity index (χ3v) is 4.54. The number of nitrogens with two attached hydrogens (primary N) is 1. The first-order valence-corrected chi connectivity index (χ1v) is 9.79. The first-order valence-electron chi connectivity index (χ1n) is 9.79. The molecule has 29 heavy (non-hydrogen) atoms. The van der Waals surface area contributed by atoms with E-state index in [0.717, 1.165) is 24.1 Å². The molecule has 154 valence electrons. The van der Waals surface area contributed by atoms with Gasteiger partial charge in [-0.2, -0.15) is 5.10 Å². The largest absolute Gasteiger partial charge is 0.493 e. The van der Waals surface area contributed by atoms with Gasteiger partial charge in [-0.05, 0) is 62.2 Å². The Bertz CT molecular complexity index is 865. The van der Waals surface area contributed by atoms with Crippen molar-refractivity contribution in [2.75, 3.05) is 33.4 Å². The molecule has 0 saturated heterocycles. The fraction of sp³-hybridized carbons (Fsp3) is 0.364. The molecule has 0 aliphatic carbocycles. The second-order valence-corrected chi connectivity index (χ2v) is 6.54. The van der Waals surface area contributed by atoms with Crippen LogP contribution >= 0.6 is 0 Å². The molecule has 2 aromatic rings. The van der Waals surface area contributed by atoms with Gasteiger partial charge in [-0.25, -0.2) is 5.01 Å². The number of ether oxygens (including phenoxy) is 3. The maximum Gasteiger partial charge on any atom is 0.273 e. The molecule has 1 amide bonds. The maximum absolute atomic E-state index is 12.9. The van der Waals surface area contributed by atoms with E-state index in [0.29, 0.717) is 49.1 Å². The van der Waals surface area contributed by atoms with Gasteiger partial charge in [-0.15, -0.1) is 0 Å². The quantitative estimate of drug-likeness (QED) is 0.740. The number of carbonyl (C=O) groups is 1. The van der Waals surface area contributed by atoms with Crippen LogP contribution in [-0.2, 0) is 0 Å². The molecule has 1 aliphatic rings. The first-order chi connectivity index (χ1) is 14.2. The zero-order valence-corrected chi connectivity index (χ0v) is 16.9. The first kappa shape index (κ1) is 20.7. The number of hydrogen-bond donors (Lipinski definition) is 1. The molecule has 3 rings (SSSR count). The van der Waals surface area contributed by atoms with E-state index in [-0.39, 0.29) is 5.91 Å². The predicted molar refractivity (Wildman–Crippen MR) is 112 cm³/mol. The van der Waals surface area contributed by atoms with E-state index in [1.54, 1.807) is 31.4 Å². The Morgan fingerprint density at radius 1 is 1.14 bits per heavy atom. The van der Waals surface area contributed by atoms with Crippen LogP contribution in [0.3, 0.4) is 0 Å². The maximum atomic E-state index is 12.9. The van der Waals surface area contributed by atoms with Crippen LogP contribution in [0.1, 0.15) is 35.7 Å². The molecule has 1 aliphatic heterocycles. The van der Waals surface area contributed by atoms with Crippen LogP contribution in [-0.4, -0.2) is 50.0 Å². The Hall–Kier alpha value is -3.06. The summed E-state index contributed by atoms with van der Waals surface area (Å²) in [4.78, 5) is 12.9. The summed E-state index contributed by atoms with van der Waals surface area (Å²) in [6.07, 6.45) is 1.64. The van der Waals surface area contributed by atoms with Crippen LogP contribution in [0.25, 0.3) is 0 Å². The molecule has 2 aromatic carbocycles. The van der Waals surface area contributed by atoms with E-state index in [1.807, 2.05) is 25.1 Å². The highest BCUT2D eigenvalue weighted by Gasteiger charge is 2.21. The highest BCUT2D eigenvalue weighted by molar-refractivity contribution is 6.03. The summed E-state index contributed by atoms with van der Waals surface area (Å²) in [5, 5.41) is 6.14. The summed E-state index contributed by atoms with van der Waals surface area (Å²) >= 11 is 0. The normalized spacial score (nSPS) is 13.6. The summed E-state index contributed by atoms with van der Waals surface area (Å²) in [6, 6.07) is 12.8. The number of hydrogen-bond acceptors (Lipinski definition) is 6. The zero-order valence-electron chi connectivity index (χ0n) is 16.9. The minimum absolute atomic E-state index is 0.133. The summed E-state index contributed by atoms with van der Waals surface area (Å²) in [6.45, 7) is 3.95. The fourth-order valence-corrected chi connectivity index (χ4v) is 3.14. The average molecular weight is 397 g/mol. The van der Waals surface area contributed by atoms with Gasteiger partial charge in [0.2, 0.25) is 0 Å². The van der Waals surface area contributed by atoms with Crippen molar-refractivity contribution in [2.45, 2.75) is 19.8 Å². The van der Waals surface area contributed by atoms with Crippen molar-refractivity contribution in [1.82, 2.24) is 5.01 Å². The molecule has 0 saturated carbocycles. The lowest BCUT2D eigenvalue weighted by molar-refractivity contribution is 0.0751. The van der Waals surface area contributed by atoms with E-state index < -0.39 is 0 Å². The highest BCUT2D eigenvalue weighted by atomic mass is 16.5. The van der Waals surface area contributed by atoms with Gasteiger partial charge in [0.25, 0.3) is 5.91 Å². The van der Waals surface area contributed by atoms with E-state index in [4.69, 9.17) is 19.9 Å². The molecule has 0 bridgehead atoms. The molecule has 7 heteroatoms. The molecule has 0 aromatic heterocycles. The molecule has 0 spiro atoms. The Labute approximate surface area is 171 Å². The summed E-state index contributed by atoms with van der Waals surface area (Å²) in [5.74, 6) is 1.91. The average Bonchev–Trinajstić information content (AvgIpc) is 2.78. The smallest absolute Gasteiger partial charge is 0.273 e. The van der Waals surface area contributed by atoms with Crippen LogP contribution in [0.2, 0.25) is 0 Å². The molecular weight excluding hydrogens is 370 g/mol. The van der Waals surface area contributed by atoms with Gasteiger partial charge in [-0.1, -0.05) is 0 Å². The van der Waals surface area contributed by atoms with Crippen molar-refractivity contribution in [2.24, 2.45) is 10.8 Å². The highest BCUT2D eigenvalue weighted by Crippen LogP contribution is 2.29. The standard InChI is InChI=1S/C22H27N3O4/c1-3-28-21-15-17(8-11-20(21)27-2)19-5-4-13-25(24-19)22(26)16-6-9-18(10-7-16)29-14-12-23/h6-11,15H,3-5,12-14,23H2,1-2H3. The van der Waals surface area contributed by atoms with Crippen molar-refractivity contribution in [1.29, 1.82) is 0 Å². The van der Waals surface area contributed by atoms with Gasteiger partial charge in [0, 0.05) is 24.2 Å². The number of benzene rings is 2. The number of hydrazone groups is 1. The molecule has 7 nitrogen and oxygen atoms in total. The third kappa shape index (κ3) is 5.06. The minimum Gasteiger partial charge on any atom is -0.493 e. The Kier molecular flexibility index (Phi) is 7.08. The summed E-state index contributed by atoms with van der Waals surface area (Å²) in [7, 11) is 1.61. The van der Waals surface area contributed by atoms with Crippen LogP contribution < -0.4 is 19.9 Å². The lowest BCUT2D eigenvalue weighted by atomic mass is 10.0. The van der Waals surface area contributed by atoms with E-state index in [9.17, 15) is 4.79 Å². The van der Waals surface area contributed by atoms with Crippen LogP contribution in [0.15, 0.2) is 47.6 Å². The van der Waals surface area contributed by atoms with Crippen molar-refractivity contribution in [3.8, 4) is 17.2 Å². The topological polar surface area (TPSA) is 86.4 Å². The van der Waals surface area contributed by atoms with Gasteiger partial charge < -0.3 is 19.9 Å². The molecular formula is C22H27N3O4. The van der Waals surface area contributed by atoms with Gasteiger partial charge in [0.05, 0.1) is 19.4 Å². The lowest BCUT2D eigenvalue weighted by Gasteiger charge is -2.24. The van der Waals surface area contributed by atoms with Gasteiger partial charge in [-0.3, -0.25) is 4.79 Å². The second kappa shape index (κ2) is 9.93. The van der Waals surface area contributed by atoms with Crippen LogP contribution in [0.4, 0.5) is 0 Å². The Morgan fingerprint density at radius 3 is 2.62 bits per heavy atom. The number of methoxy groups -OCH3 is 1. The molecule has 0 atom stereocenters. The van der Waals surface area contributed by atoms with E-state index in [2.05, 4.69) is 5.10 Å². The van der Waals surface area contributed by atoms with E-state index in [1.165, 1.54) is 5.01 Å². The Balaban J connectivity index is 1.79. The SMILES string of the molecule is CCOc1cc(C2=NN(C(=O)c3ccc(OCCN)cc3)CCC2)ccc1OC. The van der Waals surface area contributed by atoms with Crippen molar-refractivity contribution >= 4 is 11.6 Å². The van der Waals surface area contributed by atoms with Crippen LogP contribution in [0, 0.1) is 0 Å². The summed E-state index contributed by atoms with van der Waals surface area (Å²) in [5.41, 5.74) is 7.79. The zero-order chi connectivity index (χ0) is 20.6. The molecule has 0 radical (unpaired) electrons. The number of rotatable bonds is 8. The summed E-state index contributed by atoms with van der Waals surface area (Å²) < 4.78 is 16.5. The predicted octanol–water partition coefficient (Wildman–Crippen LogP) is 3.07. The molecule has 0 fully saturated rings. The minimum atomic E-state index is -0.133. The molecule has 0 unspecified atom stereocenters. The Morgan fingerprint density at radius 2 is 1.93 bits per heavy atom. The van der Waals surface area contributed by atoms with Crippen molar-refractivity contribution in [3.63, 3.8) is 0 Å². The lowest BCUT2D eigenvalue weighted by Crippen LogP contribution is -2.32. The second-order valence-electron chi connectivity index (χ2n) is 6.54. The third-order valence-electron chi connectivity index (χ3n) is 4.54. The van der Waals surface area contributed by atoms with Crippen LogP contribution in [0.5, 0.6) is 17.2 Å². The van der Waals surface area contributed by atoms with Gasteiger partial charge in [0.1, 0.15) is 12.4 Å². The van der Waals surface area contributed by atoms with Gasteiger partial charge >= 0.3 is 0 Å². The molecule has 1 heterocycles. The van der Waals surface area contributed by atoms with Gasteiger partial charge in [0.15, 0.2) is 11.5 Å². The molecule has 2 N–H and O–H groups in total.